The third-order valence-electron chi connectivity index (χ3n) is 7.42. The molecule has 4 rings (SSSR count). The Morgan fingerprint density at radius 3 is 2.24 bits per heavy atom. The fraction of sp³-hybridized carbons (Fsp3) is 0.353. The molecule has 1 heterocycles. The number of likely N-dealkylation sites (tertiary alicyclic amines) is 1. The van der Waals surface area contributed by atoms with Crippen molar-refractivity contribution < 1.29 is 9.59 Å². The van der Waals surface area contributed by atoms with Crippen LogP contribution in [-0.4, -0.2) is 42.9 Å². The molecule has 1 atom stereocenters. The highest BCUT2D eigenvalue weighted by Crippen LogP contribution is 2.24. The fourth-order valence-corrected chi connectivity index (χ4v) is 4.94. The molecule has 1 aliphatic heterocycles. The van der Waals surface area contributed by atoms with Crippen LogP contribution in [0.15, 0.2) is 78.9 Å². The molecule has 0 spiro atoms. The van der Waals surface area contributed by atoms with Gasteiger partial charge in [0, 0.05) is 24.9 Å². The molecule has 5 N–H and O–H groups in total. The number of para-hydroxylation sites is 2. The van der Waals surface area contributed by atoms with Crippen LogP contribution in [-0.2, 0) is 15.0 Å². The van der Waals surface area contributed by atoms with E-state index in [1.165, 1.54) is 30.9 Å². The molecule has 7 nitrogen and oxygen atoms in total. The number of hydrogen-bond acceptors (Lipinski definition) is 5. The Bertz CT molecular complexity index is 1320. The molecule has 0 aliphatic carbocycles. The SMILES string of the molecule is CC(C)(C)c1ccc(NC(=O)C(NCCN2CCCCC2)c2ccc(/C=C/C(=O)Nc3ccccc3N)cc2)cc1. The molecule has 3 aromatic carbocycles. The van der Waals surface area contributed by atoms with Gasteiger partial charge in [-0.25, -0.2) is 0 Å². The summed E-state index contributed by atoms with van der Waals surface area (Å²) >= 11 is 0. The van der Waals surface area contributed by atoms with Crippen molar-refractivity contribution >= 4 is 35.0 Å². The van der Waals surface area contributed by atoms with E-state index in [4.69, 9.17) is 5.73 Å². The normalized spacial score (nSPS) is 15.0. The summed E-state index contributed by atoms with van der Waals surface area (Å²) < 4.78 is 0. The Hall–Kier alpha value is -3.94. The molecule has 41 heavy (non-hydrogen) atoms. The highest BCUT2D eigenvalue weighted by atomic mass is 16.2. The number of benzene rings is 3. The Morgan fingerprint density at radius 1 is 0.902 bits per heavy atom. The molecule has 1 unspecified atom stereocenters. The lowest BCUT2D eigenvalue weighted by Crippen LogP contribution is -2.40. The summed E-state index contributed by atoms with van der Waals surface area (Å²) in [6.07, 6.45) is 6.99. The zero-order valence-electron chi connectivity index (χ0n) is 24.5. The number of rotatable bonds is 10. The minimum atomic E-state index is -0.510. The third-order valence-corrected chi connectivity index (χ3v) is 7.42. The number of carbonyl (C=O) groups excluding carboxylic acids is 2. The summed E-state index contributed by atoms with van der Waals surface area (Å²) in [7, 11) is 0. The van der Waals surface area contributed by atoms with Crippen molar-refractivity contribution in [1.29, 1.82) is 0 Å². The Labute approximate surface area is 244 Å². The predicted octanol–water partition coefficient (Wildman–Crippen LogP) is 5.97. The van der Waals surface area contributed by atoms with Crippen LogP contribution in [0.3, 0.4) is 0 Å². The Morgan fingerprint density at radius 2 is 1.59 bits per heavy atom. The molecule has 3 aromatic rings. The zero-order chi connectivity index (χ0) is 29.2. The molecule has 0 radical (unpaired) electrons. The van der Waals surface area contributed by atoms with Gasteiger partial charge < -0.3 is 26.6 Å². The Kier molecular flexibility index (Phi) is 10.3. The lowest BCUT2D eigenvalue weighted by molar-refractivity contribution is -0.118. The van der Waals surface area contributed by atoms with Crippen LogP contribution in [0.1, 0.15) is 62.8 Å². The highest BCUT2D eigenvalue weighted by molar-refractivity contribution is 6.03. The number of nitrogens with zero attached hydrogens (tertiary/aromatic N) is 1. The van der Waals surface area contributed by atoms with E-state index >= 15 is 0 Å². The van der Waals surface area contributed by atoms with E-state index in [0.717, 1.165) is 36.4 Å². The van der Waals surface area contributed by atoms with E-state index in [0.29, 0.717) is 17.9 Å². The molecular weight excluding hydrogens is 510 g/mol. The average molecular weight is 554 g/mol. The van der Waals surface area contributed by atoms with Crippen molar-refractivity contribution in [3.8, 4) is 0 Å². The summed E-state index contributed by atoms with van der Waals surface area (Å²) in [5.41, 5.74) is 10.8. The van der Waals surface area contributed by atoms with Crippen molar-refractivity contribution in [3.63, 3.8) is 0 Å². The molecule has 1 saturated heterocycles. The number of nitrogen functional groups attached to an aromatic ring is 1. The number of nitrogens with two attached hydrogens (primary N) is 1. The van der Waals surface area contributed by atoms with Crippen LogP contribution >= 0.6 is 0 Å². The number of piperidine rings is 1. The summed E-state index contributed by atoms with van der Waals surface area (Å²) in [6, 6.07) is 22.4. The van der Waals surface area contributed by atoms with E-state index in [9.17, 15) is 9.59 Å². The van der Waals surface area contributed by atoms with Gasteiger partial charge in [0.2, 0.25) is 11.8 Å². The van der Waals surface area contributed by atoms with Crippen molar-refractivity contribution in [2.75, 3.05) is 42.5 Å². The lowest BCUT2D eigenvalue weighted by Gasteiger charge is -2.27. The monoisotopic (exact) mass is 553 g/mol. The minimum absolute atomic E-state index is 0.0485. The fourth-order valence-electron chi connectivity index (χ4n) is 4.94. The number of anilines is 3. The van der Waals surface area contributed by atoms with Gasteiger partial charge in [-0.05, 0) is 78.4 Å². The molecule has 0 saturated carbocycles. The van der Waals surface area contributed by atoms with Gasteiger partial charge in [0.15, 0.2) is 0 Å². The largest absolute Gasteiger partial charge is 0.397 e. The molecule has 0 aromatic heterocycles. The van der Waals surface area contributed by atoms with Crippen LogP contribution in [0.5, 0.6) is 0 Å². The first-order valence-electron chi connectivity index (χ1n) is 14.5. The highest BCUT2D eigenvalue weighted by Gasteiger charge is 2.21. The summed E-state index contributed by atoms with van der Waals surface area (Å²) in [5.74, 6) is -0.364. The van der Waals surface area contributed by atoms with Crippen LogP contribution in [0.25, 0.3) is 6.08 Å². The number of hydrogen-bond donors (Lipinski definition) is 4. The van der Waals surface area contributed by atoms with Crippen LogP contribution in [0, 0.1) is 0 Å². The first-order valence-corrected chi connectivity index (χ1v) is 14.5. The van der Waals surface area contributed by atoms with Crippen molar-refractivity contribution in [2.24, 2.45) is 0 Å². The predicted molar refractivity (Wildman–Crippen MR) is 170 cm³/mol. The number of carbonyl (C=O) groups is 2. The van der Waals surface area contributed by atoms with E-state index in [2.05, 4.69) is 53.8 Å². The molecule has 1 fully saturated rings. The van der Waals surface area contributed by atoms with Crippen molar-refractivity contribution in [1.82, 2.24) is 10.2 Å². The maximum atomic E-state index is 13.5. The minimum Gasteiger partial charge on any atom is -0.397 e. The second kappa shape index (κ2) is 14.1. The van der Waals surface area contributed by atoms with E-state index < -0.39 is 6.04 Å². The molecule has 2 amide bonds. The zero-order valence-corrected chi connectivity index (χ0v) is 24.5. The van der Waals surface area contributed by atoms with Crippen LogP contribution < -0.4 is 21.7 Å². The van der Waals surface area contributed by atoms with Gasteiger partial charge in [-0.15, -0.1) is 0 Å². The summed E-state index contributed by atoms with van der Waals surface area (Å²) in [5, 5.41) is 9.38. The van der Waals surface area contributed by atoms with E-state index in [1.54, 1.807) is 18.2 Å². The standard InChI is InChI=1S/C34H43N5O2/c1-34(2,3)27-16-18-28(19-17-27)37-33(41)32(36-21-24-39-22-7-4-8-23-39)26-14-11-25(12-15-26)13-20-31(40)38-30-10-6-5-9-29(30)35/h5-6,9-20,32,36H,4,7-8,21-24,35H2,1-3H3,(H,37,41)(H,38,40)/b20-13+. The van der Waals surface area contributed by atoms with Crippen molar-refractivity contribution in [3.05, 3.63) is 95.6 Å². The maximum Gasteiger partial charge on any atom is 0.248 e. The van der Waals surface area contributed by atoms with E-state index in [-0.39, 0.29) is 17.2 Å². The van der Waals surface area contributed by atoms with Crippen LogP contribution in [0.2, 0.25) is 0 Å². The number of amides is 2. The smallest absolute Gasteiger partial charge is 0.248 e. The van der Waals surface area contributed by atoms with Gasteiger partial charge in [0.1, 0.15) is 6.04 Å². The molecule has 216 valence electrons. The first kappa shape index (κ1) is 30.0. The summed E-state index contributed by atoms with van der Waals surface area (Å²) in [6.45, 7) is 10.4. The van der Waals surface area contributed by atoms with Gasteiger partial charge in [0.05, 0.1) is 11.4 Å². The van der Waals surface area contributed by atoms with E-state index in [1.807, 2.05) is 48.5 Å². The van der Waals surface area contributed by atoms with Gasteiger partial charge >= 0.3 is 0 Å². The molecule has 7 heteroatoms. The first-order chi connectivity index (χ1) is 19.7. The van der Waals surface area contributed by atoms with Crippen LogP contribution in [0.4, 0.5) is 17.1 Å². The van der Waals surface area contributed by atoms with Gasteiger partial charge in [-0.1, -0.05) is 75.7 Å². The van der Waals surface area contributed by atoms with Crippen molar-refractivity contribution in [2.45, 2.75) is 51.5 Å². The second-order valence-electron chi connectivity index (χ2n) is 11.7. The third kappa shape index (κ3) is 9.03. The quantitative estimate of drug-likeness (QED) is 0.183. The lowest BCUT2D eigenvalue weighted by atomic mass is 9.87. The maximum absolute atomic E-state index is 13.5. The van der Waals surface area contributed by atoms with Gasteiger partial charge in [-0.3, -0.25) is 9.59 Å². The Balaban J connectivity index is 1.43. The van der Waals surface area contributed by atoms with Gasteiger partial charge in [-0.2, -0.15) is 0 Å². The molecular formula is C34H43N5O2. The summed E-state index contributed by atoms with van der Waals surface area (Å²) in [4.78, 5) is 28.4. The molecule has 1 aliphatic rings. The second-order valence-corrected chi connectivity index (χ2v) is 11.7. The topological polar surface area (TPSA) is 99.5 Å². The molecule has 0 bridgehead atoms. The average Bonchev–Trinajstić information content (AvgIpc) is 2.96. The van der Waals surface area contributed by atoms with Gasteiger partial charge in [0.25, 0.3) is 0 Å². The number of nitrogens with one attached hydrogen (secondary N) is 3.